The Balaban J connectivity index is 2.09. The Kier molecular flexibility index (Phi) is 5.09. The summed E-state index contributed by atoms with van der Waals surface area (Å²) in [6.07, 6.45) is 4.32. The van der Waals surface area contributed by atoms with Crippen LogP contribution in [-0.2, 0) is 11.2 Å². The van der Waals surface area contributed by atoms with Crippen molar-refractivity contribution in [3.8, 4) is 0 Å². The van der Waals surface area contributed by atoms with E-state index in [0.29, 0.717) is 18.7 Å². The lowest BCUT2D eigenvalue weighted by molar-refractivity contribution is 0.0162. The summed E-state index contributed by atoms with van der Waals surface area (Å²) in [5.41, 5.74) is 7.65. The van der Waals surface area contributed by atoms with E-state index in [1.54, 1.807) is 19.4 Å². The summed E-state index contributed by atoms with van der Waals surface area (Å²) in [7, 11) is 1.64. The number of amides is 1. The van der Waals surface area contributed by atoms with Crippen molar-refractivity contribution in [2.24, 2.45) is 5.73 Å². The zero-order valence-electron chi connectivity index (χ0n) is 12.2. The van der Waals surface area contributed by atoms with Crippen LogP contribution < -0.4 is 5.73 Å². The minimum absolute atomic E-state index is 0.0112. The molecule has 2 rings (SSSR count). The number of nitrogens with two attached hydrogens (primary N) is 1. The molecular formula is C15H23N3O2. The van der Waals surface area contributed by atoms with Crippen molar-refractivity contribution in [1.82, 2.24) is 9.88 Å². The molecule has 1 aromatic heterocycles. The molecular weight excluding hydrogens is 254 g/mol. The summed E-state index contributed by atoms with van der Waals surface area (Å²) in [5.74, 6) is 0.0405. The van der Waals surface area contributed by atoms with Gasteiger partial charge < -0.3 is 15.4 Å². The van der Waals surface area contributed by atoms with Crippen molar-refractivity contribution in [3.63, 3.8) is 0 Å². The molecule has 0 aliphatic carbocycles. The Labute approximate surface area is 120 Å². The molecule has 0 bridgehead atoms. The first kappa shape index (κ1) is 14.9. The van der Waals surface area contributed by atoms with Gasteiger partial charge in [0.15, 0.2) is 0 Å². The second kappa shape index (κ2) is 6.81. The monoisotopic (exact) mass is 277 g/mol. The summed E-state index contributed by atoms with van der Waals surface area (Å²) < 4.78 is 5.35. The number of hydrogen-bond donors (Lipinski definition) is 1. The SMILES string of the molecule is CCCc1cc(C(=O)N2CC[C@@H](N)[C@@H](OC)C2)ccn1. The van der Waals surface area contributed by atoms with Crippen LogP contribution in [0.4, 0.5) is 0 Å². The number of pyridine rings is 1. The molecule has 110 valence electrons. The number of likely N-dealkylation sites (tertiary alicyclic amines) is 1. The second-order valence-electron chi connectivity index (χ2n) is 5.26. The number of ether oxygens (including phenoxy) is 1. The van der Waals surface area contributed by atoms with Gasteiger partial charge in [-0.15, -0.1) is 0 Å². The number of carbonyl (C=O) groups is 1. The standard InChI is InChI=1S/C15H23N3O2/c1-3-4-12-9-11(5-7-17-12)15(19)18-8-6-13(16)14(10-18)20-2/h5,7,9,13-14H,3-4,6,8,10,16H2,1-2H3/t13-,14+/m1/s1. The maximum atomic E-state index is 12.5. The number of piperidine rings is 1. The quantitative estimate of drug-likeness (QED) is 0.898. The van der Waals surface area contributed by atoms with Gasteiger partial charge in [-0.25, -0.2) is 0 Å². The van der Waals surface area contributed by atoms with E-state index in [0.717, 1.165) is 25.0 Å². The van der Waals surface area contributed by atoms with Crippen molar-refractivity contribution in [2.45, 2.75) is 38.3 Å². The van der Waals surface area contributed by atoms with Crippen molar-refractivity contribution < 1.29 is 9.53 Å². The second-order valence-corrected chi connectivity index (χ2v) is 5.26. The summed E-state index contributed by atoms with van der Waals surface area (Å²) in [4.78, 5) is 18.6. The molecule has 1 aromatic rings. The largest absolute Gasteiger partial charge is 0.378 e. The third-order valence-corrected chi connectivity index (χ3v) is 3.77. The lowest BCUT2D eigenvalue weighted by Crippen LogP contribution is -2.53. The lowest BCUT2D eigenvalue weighted by atomic mass is 10.0. The maximum absolute atomic E-state index is 12.5. The molecule has 2 atom stereocenters. The molecule has 0 spiro atoms. The lowest BCUT2D eigenvalue weighted by Gasteiger charge is -2.36. The predicted molar refractivity (Wildman–Crippen MR) is 77.5 cm³/mol. The molecule has 0 aromatic carbocycles. The normalized spacial score (nSPS) is 22.9. The Hall–Kier alpha value is -1.46. The molecule has 1 amide bonds. The summed E-state index contributed by atoms with van der Waals surface area (Å²) in [6.45, 7) is 3.35. The van der Waals surface area contributed by atoms with Gasteiger partial charge in [0.1, 0.15) is 0 Å². The zero-order chi connectivity index (χ0) is 14.5. The Morgan fingerprint density at radius 1 is 1.60 bits per heavy atom. The zero-order valence-corrected chi connectivity index (χ0v) is 12.2. The van der Waals surface area contributed by atoms with E-state index < -0.39 is 0 Å². The molecule has 1 aliphatic rings. The Bertz CT molecular complexity index is 464. The van der Waals surface area contributed by atoms with Crippen LogP contribution in [0.1, 0.15) is 35.8 Å². The Morgan fingerprint density at radius 3 is 3.10 bits per heavy atom. The molecule has 5 heteroatoms. The van der Waals surface area contributed by atoms with E-state index in [4.69, 9.17) is 10.5 Å². The van der Waals surface area contributed by atoms with Gasteiger partial charge in [-0.2, -0.15) is 0 Å². The number of aryl methyl sites for hydroxylation is 1. The van der Waals surface area contributed by atoms with Crippen molar-refractivity contribution in [2.75, 3.05) is 20.2 Å². The summed E-state index contributed by atoms with van der Waals surface area (Å²) >= 11 is 0. The molecule has 1 fully saturated rings. The van der Waals surface area contributed by atoms with E-state index in [1.807, 2.05) is 11.0 Å². The van der Waals surface area contributed by atoms with Gasteiger partial charge in [0, 0.05) is 43.7 Å². The molecule has 0 radical (unpaired) electrons. The molecule has 1 aliphatic heterocycles. The molecule has 2 heterocycles. The van der Waals surface area contributed by atoms with Crippen LogP contribution in [0.3, 0.4) is 0 Å². The van der Waals surface area contributed by atoms with Crippen LogP contribution in [0.25, 0.3) is 0 Å². The molecule has 20 heavy (non-hydrogen) atoms. The number of nitrogens with zero attached hydrogens (tertiary/aromatic N) is 2. The number of aromatic nitrogens is 1. The van der Waals surface area contributed by atoms with Crippen molar-refractivity contribution in [1.29, 1.82) is 0 Å². The molecule has 5 nitrogen and oxygen atoms in total. The first-order valence-corrected chi connectivity index (χ1v) is 7.18. The highest BCUT2D eigenvalue weighted by atomic mass is 16.5. The molecule has 1 saturated heterocycles. The maximum Gasteiger partial charge on any atom is 0.254 e. The van der Waals surface area contributed by atoms with E-state index in [-0.39, 0.29) is 18.1 Å². The number of hydrogen-bond acceptors (Lipinski definition) is 4. The van der Waals surface area contributed by atoms with Gasteiger partial charge in [0.2, 0.25) is 0 Å². The Morgan fingerprint density at radius 2 is 2.40 bits per heavy atom. The number of rotatable bonds is 4. The molecule has 0 unspecified atom stereocenters. The average Bonchev–Trinajstić information content (AvgIpc) is 2.48. The van der Waals surface area contributed by atoms with Gasteiger partial charge in [-0.05, 0) is 25.0 Å². The van der Waals surface area contributed by atoms with E-state index in [1.165, 1.54) is 0 Å². The summed E-state index contributed by atoms with van der Waals surface area (Å²) in [6, 6.07) is 3.68. The number of methoxy groups -OCH3 is 1. The van der Waals surface area contributed by atoms with Crippen LogP contribution in [0.2, 0.25) is 0 Å². The van der Waals surface area contributed by atoms with Crippen LogP contribution in [-0.4, -0.2) is 48.1 Å². The van der Waals surface area contributed by atoms with Gasteiger partial charge in [0.25, 0.3) is 5.91 Å². The first-order valence-electron chi connectivity index (χ1n) is 7.18. The first-order chi connectivity index (χ1) is 9.65. The van der Waals surface area contributed by atoms with Crippen molar-refractivity contribution >= 4 is 5.91 Å². The fourth-order valence-corrected chi connectivity index (χ4v) is 2.56. The fourth-order valence-electron chi connectivity index (χ4n) is 2.56. The highest BCUT2D eigenvalue weighted by Gasteiger charge is 2.29. The minimum atomic E-state index is -0.0790. The van der Waals surface area contributed by atoms with Gasteiger partial charge >= 0.3 is 0 Å². The van der Waals surface area contributed by atoms with Gasteiger partial charge in [-0.1, -0.05) is 13.3 Å². The third-order valence-electron chi connectivity index (χ3n) is 3.77. The van der Waals surface area contributed by atoms with Gasteiger partial charge in [0.05, 0.1) is 6.10 Å². The highest BCUT2D eigenvalue weighted by Crippen LogP contribution is 2.15. The topological polar surface area (TPSA) is 68.5 Å². The fraction of sp³-hybridized carbons (Fsp3) is 0.600. The van der Waals surface area contributed by atoms with Crippen LogP contribution in [0, 0.1) is 0 Å². The average molecular weight is 277 g/mol. The highest BCUT2D eigenvalue weighted by molar-refractivity contribution is 5.94. The van der Waals surface area contributed by atoms with Crippen LogP contribution in [0.5, 0.6) is 0 Å². The van der Waals surface area contributed by atoms with E-state index in [9.17, 15) is 4.79 Å². The van der Waals surface area contributed by atoms with Crippen LogP contribution >= 0.6 is 0 Å². The minimum Gasteiger partial charge on any atom is -0.378 e. The third kappa shape index (κ3) is 3.35. The molecule has 0 saturated carbocycles. The number of carbonyl (C=O) groups excluding carboxylic acids is 1. The van der Waals surface area contributed by atoms with E-state index >= 15 is 0 Å². The summed E-state index contributed by atoms with van der Waals surface area (Å²) in [5, 5.41) is 0. The van der Waals surface area contributed by atoms with Crippen LogP contribution in [0.15, 0.2) is 18.3 Å². The predicted octanol–water partition coefficient (Wildman–Crippen LogP) is 1.22. The van der Waals surface area contributed by atoms with Gasteiger partial charge in [-0.3, -0.25) is 9.78 Å². The molecule has 2 N–H and O–H groups in total. The van der Waals surface area contributed by atoms with E-state index in [2.05, 4.69) is 11.9 Å². The van der Waals surface area contributed by atoms with Crippen molar-refractivity contribution in [3.05, 3.63) is 29.6 Å². The smallest absolute Gasteiger partial charge is 0.254 e.